The lowest BCUT2D eigenvalue weighted by atomic mass is 10.00. The Morgan fingerprint density at radius 3 is 2.83 bits per heavy atom. The number of aliphatic hydroxyl groups excluding tert-OH is 1. The molecule has 0 fully saturated rings. The van der Waals surface area contributed by atoms with Crippen molar-refractivity contribution in [3.05, 3.63) is 83.8 Å². The number of aromatic nitrogens is 2. The van der Waals surface area contributed by atoms with Crippen molar-refractivity contribution in [2.75, 3.05) is 25.0 Å². The van der Waals surface area contributed by atoms with Crippen LogP contribution >= 0.6 is 0 Å². The summed E-state index contributed by atoms with van der Waals surface area (Å²) in [5.41, 5.74) is 3.96. The summed E-state index contributed by atoms with van der Waals surface area (Å²) in [6.07, 6.45) is 5.31. The predicted molar refractivity (Wildman–Crippen MR) is 116 cm³/mol. The highest BCUT2D eigenvalue weighted by molar-refractivity contribution is 5.94. The number of benzene rings is 1. The van der Waals surface area contributed by atoms with Crippen LogP contribution in [0.2, 0.25) is 0 Å². The van der Waals surface area contributed by atoms with Crippen molar-refractivity contribution in [2.45, 2.75) is 19.1 Å². The molecule has 0 radical (unpaired) electrons. The van der Waals surface area contributed by atoms with Crippen molar-refractivity contribution in [3.63, 3.8) is 0 Å². The lowest BCUT2D eigenvalue weighted by molar-refractivity contribution is 0.0842. The number of nitrogens with one attached hydrogen (secondary N) is 2. The molecule has 0 saturated carbocycles. The normalized spacial score (nSPS) is 14.6. The Labute approximate surface area is 175 Å². The van der Waals surface area contributed by atoms with E-state index in [1.165, 1.54) is 11.1 Å². The molecule has 7 nitrogen and oxygen atoms in total. The third kappa shape index (κ3) is 5.20. The summed E-state index contributed by atoms with van der Waals surface area (Å²) in [7, 11) is 0. The number of hydrogen-bond donors (Lipinski definition) is 3. The van der Waals surface area contributed by atoms with E-state index < -0.39 is 6.10 Å². The Morgan fingerprint density at radius 1 is 1.13 bits per heavy atom. The second-order valence-electron chi connectivity index (χ2n) is 7.41. The molecule has 0 unspecified atom stereocenters. The van der Waals surface area contributed by atoms with Gasteiger partial charge in [0.25, 0.3) is 5.91 Å². The summed E-state index contributed by atoms with van der Waals surface area (Å²) in [5, 5.41) is 16.3. The van der Waals surface area contributed by atoms with Crippen molar-refractivity contribution in [3.8, 4) is 0 Å². The number of pyridine rings is 2. The van der Waals surface area contributed by atoms with Crippen molar-refractivity contribution in [1.82, 2.24) is 20.2 Å². The largest absolute Gasteiger partial charge is 0.390 e. The smallest absolute Gasteiger partial charge is 0.251 e. The Morgan fingerprint density at radius 2 is 2.00 bits per heavy atom. The van der Waals surface area contributed by atoms with Gasteiger partial charge in [0.1, 0.15) is 5.82 Å². The minimum atomic E-state index is -0.631. The van der Waals surface area contributed by atoms with Crippen molar-refractivity contribution in [2.24, 2.45) is 0 Å². The fourth-order valence-corrected chi connectivity index (χ4v) is 3.61. The zero-order valence-corrected chi connectivity index (χ0v) is 16.7. The standard InChI is InChI=1S/C23H25N5O2/c29-21(16-28-11-8-17-4-1-2-5-19(17)15-28)14-26-23(30)18-7-10-25-22(12-18)27-20-6-3-9-24-13-20/h1-7,9-10,12-13,21,29H,8,11,14-16H2,(H,25,27)(H,26,30)/t21-/m0/s1. The second kappa shape index (κ2) is 9.47. The van der Waals surface area contributed by atoms with Gasteiger partial charge >= 0.3 is 0 Å². The number of amides is 1. The van der Waals surface area contributed by atoms with Gasteiger partial charge in [-0.05, 0) is 41.8 Å². The molecule has 2 aromatic heterocycles. The Bertz CT molecular complexity index is 996. The molecule has 1 atom stereocenters. The van der Waals surface area contributed by atoms with Gasteiger partial charge in [-0.25, -0.2) is 4.98 Å². The molecule has 7 heteroatoms. The minimum Gasteiger partial charge on any atom is -0.390 e. The summed E-state index contributed by atoms with van der Waals surface area (Å²) >= 11 is 0. The lowest BCUT2D eigenvalue weighted by Crippen LogP contribution is -2.42. The maximum atomic E-state index is 12.5. The molecule has 0 saturated heterocycles. The number of anilines is 2. The van der Waals surface area contributed by atoms with Crippen LogP contribution in [0.5, 0.6) is 0 Å². The van der Waals surface area contributed by atoms with E-state index in [1.807, 2.05) is 18.2 Å². The molecule has 0 bridgehead atoms. The maximum absolute atomic E-state index is 12.5. The number of fused-ring (bicyclic) bond motifs is 1. The van der Waals surface area contributed by atoms with Gasteiger partial charge in [0, 0.05) is 44.1 Å². The van der Waals surface area contributed by atoms with E-state index in [0.717, 1.165) is 25.2 Å². The topological polar surface area (TPSA) is 90.4 Å². The molecule has 0 aliphatic carbocycles. The second-order valence-corrected chi connectivity index (χ2v) is 7.41. The summed E-state index contributed by atoms with van der Waals surface area (Å²) in [6.45, 7) is 2.47. The van der Waals surface area contributed by atoms with Gasteiger partial charge in [-0.2, -0.15) is 0 Å². The van der Waals surface area contributed by atoms with Gasteiger partial charge in [0.15, 0.2) is 0 Å². The Balaban J connectivity index is 1.28. The molecular weight excluding hydrogens is 378 g/mol. The number of carbonyl (C=O) groups excluding carboxylic acids is 1. The van der Waals surface area contributed by atoms with Crippen LogP contribution in [0, 0.1) is 0 Å². The van der Waals surface area contributed by atoms with Gasteiger partial charge in [-0.1, -0.05) is 24.3 Å². The molecule has 1 amide bonds. The number of carbonyl (C=O) groups is 1. The first-order valence-electron chi connectivity index (χ1n) is 10.1. The van der Waals surface area contributed by atoms with Crippen LogP contribution in [0.3, 0.4) is 0 Å². The molecule has 154 valence electrons. The fraction of sp³-hybridized carbons (Fsp3) is 0.261. The fourth-order valence-electron chi connectivity index (χ4n) is 3.61. The number of hydrogen-bond acceptors (Lipinski definition) is 6. The molecule has 3 heterocycles. The molecule has 3 N–H and O–H groups in total. The van der Waals surface area contributed by atoms with Crippen LogP contribution in [0.25, 0.3) is 0 Å². The van der Waals surface area contributed by atoms with Crippen LogP contribution in [0.15, 0.2) is 67.1 Å². The van der Waals surface area contributed by atoms with Crippen LogP contribution in [-0.2, 0) is 13.0 Å². The van der Waals surface area contributed by atoms with E-state index in [0.29, 0.717) is 17.9 Å². The highest BCUT2D eigenvalue weighted by atomic mass is 16.3. The van der Waals surface area contributed by atoms with E-state index in [1.54, 1.807) is 30.7 Å². The van der Waals surface area contributed by atoms with Crippen LogP contribution in [0.4, 0.5) is 11.5 Å². The van der Waals surface area contributed by atoms with Gasteiger partial charge in [-0.15, -0.1) is 0 Å². The highest BCUT2D eigenvalue weighted by Crippen LogP contribution is 2.18. The molecule has 1 aliphatic heterocycles. The Hall–Kier alpha value is -3.29. The van der Waals surface area contributed by atoms with Gasteiger partial charge in [0.2, 0.25) is 0 Å². The number of nitrogens with zero attached hydrogens (tertiary/aromatic N) is 3. The lowest BCUT2D eigenvalue weighted by Gasteiger charge is -2.30. The summed E-state index contributed by atoms with van der Waals surface area (Å²) in [4.78, 5) is 23.0. The SMILES string of the molecule is O=C(NC[C@H](O)CN1CCc2ccccc2C1)c1ccnc(Nc2cccnc2)c1. The number of β-amino-alcohol motifs (C(OH)–C–C–N with tert-alkyl or cyclic N) is 1. The quantitative estimate of drug-likeness (QED) is 0.561. The van der Waals surface area contributed by atoms with Gasteiger partial charge in [0.05, 0.1) is 18.0 Å². The third-order valence-corrected chi connectivity index (χ3v) is 5.13. The molecule has 0 spiro atoms. The van der Waals surface area contributed by atoms with E-state index in [2.05, 4.69) is 43.7 Å². The molecule has 30 heavy (non-hydrogen) atoms. The van der Waals surface area contributed by atoms with Crippen LogP contribution in [-0.4, -0.2) is 51.6 Å². The number of rotatable bonds is 7. The van der Waals surface area contributed by atoms with E-state index >= 15 is 0 Å². The molecule has 3 aromatic rings. The first-order chi connectivity index (χ1) is 14.7. The minimum absolute atomic E-state index is 0.199. The van der Waals surface area contributed by atoms with Crippen molar-refractivity contribution in [1.29, 1.82) is 0 Å². The Kier molecular flexibility index (Phi) is 6.32. The number of aliphatic hydroxyl groups is 1. The first-order valence-corrected chi connectivity index (χ1v) is 10.1. The van der Waals surface area contributed by atoms with Crippen LogP contribution in [0.1, 0.15) is 21.5 Å². The average Bonchev–Trinajstić information content (AvgIpc) is 2.78. The first kappa shape index (κ1) is 20.0. The monoisotopic (exact) mass is 403 g/mol. The zero-order valence-electron chi connectivity index (χ0n) is 16.7. The maximum Gasteiger partial charge on any atom is 0.251 e. The molecule has 1 aliphatic rings. The predicted octanol–water partition coefficient (Wildman–Crippen LogP) is 2.37. The van der Waals surface area contributed by atoms with Crippen LogP contribution < -0.4 is 10.6 Å². The average molecular weight is 403 g/mol. The summed E-state index contributed by atoms with van der Waals surface area (Å²) in [6, 6.07) is 15.4. The van der Waals surface area contributed by atoms with E-state index in [-0.39, 0.29) is 12.5 Å². The molecule has 4 rings (SSSR count). The van der Waals surface area contributed by atoms with Gasteiger partial charge in [-0.3, -0.25) is 14.7 Å². The highest BCUT2D eigenvalue weighted by Gasteiger charge is 2.19. The third-order valence-electron chi connectivity index (χ3n) is 5.13. The van der Waals surface area contributed by atoms with E-state index in [4.69, 9.17) is 0 Å². The van der Waals surface area contributed by atoms with Crippen molar-refractivity contribution >= 4 is 17.4 Å². The summed E-state index contributed by atoms with van der Waals surface area (Å²) in [5.74, 6) is 0.317. The summed E-state index contributed by atoms with van der Waals surface area (Å²) < 4.78 is 0. The van der Waals surface area contributed by atoms with E-state index in [9.17, 15) is 9.90 Å². The molecular formula is C23H25N5O2. The molecule has 1 aromatic carbocycles. The van der Waals surface area contributed by atoms with Crippen molar-refractivity contribution < 1.29 is 9.90 Å². The zero-order chi connectivity index (χ0) is 20.8. The van der Waals surface area contributed by atoms with Gasteiger partial charge < -0.3 is 15.7 Å².